The van der Waals surface area contributed by atoms with E-state index in [4.69, 9.17) is 0 Å². The molecule has 1 nitrogen and oxygen atoms in total. The highest BCUT2D eigenvalue weighted by atomic mass is 28.3. The molecule has 0 radical (unpaired) electrons. The van der Waals surface area contributed by atoms with Crippen molar-refractivity contribution in [2.24, 2.45) is 11.8 Å². The van der Waals surface area contributed by atoms with E-state index in [-0.39, 0.29) is 0 Å². The Hall–Kier alpha value is 0.177. The molecule has 0 saturated heterocycles. The van der Waals surface area contributed by atoms with E-state index in [1.54, 1.807) is 0 Å². The summed E-state index contributed by atoms with van der Waals surface area (Å²) in [7, 11) is -0.887. The summed E-state index contributed by atoms with van der Waals surface area (Å²) in [6.45, 7) is 16.8. The molecule has 0 heterocycles. The molecule has 0 aliphatic rings. The molecule has 15 heavy (non-hydrogen) atoms. The van der Waals surface area contributed by atoms with Gasteiger partial charge in [0.15, 0.2) is 0 Å². The van der Waals surface area contributed by atoms with Gasteiger partial charge in [0.2, 0.25) is 0 Å². The predicted molar refractivity (Wildman–Crippen MR) is 74.3 cm³/mol. The van der Waals surface area contributed by atoms with Crippen molar-refractivity contribution in [3.63, 3.8) is 0 Å². The summed E-state index contributed by atoms with van der Waals surface area (Å²) in [4.78, 5) is 0. The molecule has 0 saturated carbocycles. The lowest BCUT2D eigenvalue weighted by Crippen LogP contribution is -2.31. The second-order valence-electron chi connectivity index (χ2n) is 6.46. The third-order valence-electron chi connectivity index (χ3n) is 2.57. The molecule has 0 spiro atoms. The Morgan fingerprint density at radius 2 is 1.73 bits per heavy atom. The predicted octanol–water partition coefficient (Wildman–Crippen LogP) is 3.99. The van der Waals surface area contributed by atoms with Crippen molar-refractivity contribution in [1.82, 2.24) is 5.32 Å². The Balaban J connectivity index is 3.95. The fourth-order valence-corrected chi connectivity index (χ4v) is 4.30. The van der Waals surface area contributed by atoms with Crippen LogP contribution in [0, 0.1) is 11.8 Å². The molecule has 0 aliphatic heterocycles. The fraction of sp³-hybridized carbons (Fsp3) is 1.00. The van der Waals surface area contributed by atoms with Gasteiger partial charge in [-0.1, -0.05) is 46.5 Å². The van der Waals surface area contributed by atoms with Gasteiger partial charge in [0, 0.05) is 8.07 Å². The van der Waals surface area contributed by atoms with Crippen LogP contribution in [0.2, 0.25) is 25.7 Å². The molecule has 1 atom stereocenters. The van der Waals surface area contributed by atoms with Crippen LogP contribution in [-0.2, 0) is 0 Å². The van der Waals surface area contributed by atoms with Crippen molar-refractivity contribution in [1.29, 1.82) is 0 Å². The van der Waals surface area contributed by atoms with Crippen LogP contribution in [0.3, 0.4) is 0 Å². The molecule has 0 bridgehead atoms. The molecule has 0 aromatic carbocycles. The second-order valence-corrected chi connectivity index (χ2v) is 12.0. The molecule has 92 valence electrons. The molecule has 0 amide bonds. The first-order valence-electron chi connectivity index (χ1n) is 6.56. The molecule has 0 aromatic rings. The standard InChI is InChI=1S/C13H31NSi/c1-7-8-14-10-13(9-12(2)3)11-15(4,5)6/h12-14H,7-11H2,1-6H3. The highest BCUT2D eigenvalue weighted by Gasteiger charge is 2.20. The maximum atomic E-state index is 3.59. The van der Waals surface area contributed by atoms with Crippen LogP contribution in [0.25, 0.3) is 0 Å². The number of nitrogens with one attached hydrogen (secondary N) is 1. The zero-order valence-corrected chi connectivity index (χ0v) is 12.7. The van der Waals surface area contributed by atoms with Gasteiger partial charge >= 0.3 is 0 Å². The summed E-state index contributed by atoms with van der Waals surface area (Å²) in [5.41, 5.74) is 0. The second kappa shape index (κ2) is 7.45. The maximum absolute atomic E-state index is 3.59. The topological polar surface area (TPSA) is 12.0 Å². The molecule has 0 aliphatic carbocycles. The van der Waals surface area contributed by atoms with Crippen molar-refractivity contribution in [2.75, 3.05) is 13.1 Å². The highest BCUT2D eigenvalue weighted by Crippen LogP contribution is 2.22. The van der Waals surface area contributed by atoms with Crippen LogP contribution in [0.5, 0.6) is 0 Å². The summed E-state index contributed by atoms with van der Waals surface area (Å²) in [5, 5.41) is 3.59. The van der Waals surface area contributed by atoms with E-state index < -0.39 is 8.07 Å². The normalized spacial score (nSPS) is 14.6. The Morgan fingerprint density at radius 1 is 1.13 bits per heavy atom. The summed E-state index contributed by atoms with van der Waals surface area (Å²) >= 11 is 0. The first kappa shape index (κ1) is 15.2. The van der Waals surface area contributed by atoms with Gasteiger partial charge < -0.3 is 5.32 Å². The number of hydrogen-bond donors (Lipinski definition) is 1. The van der Waals surface area contributed by atoms with Gasteiger partial charge in [0.1, 0.15) is 0 Å². The van der Waals surface area contributed by atoms with E-state index in [0.29, 0.717) is 0 Å². The van der Waals surface area contributed by atoms with Crippen molar-refractivity contribution in [3.05, 3.63) is 0 Å². The monoisotopic (exact) mass is 229 g/mol. The average molecular weight is 229 g/mol. The number of rotatable bonds is 8. The van der Waals surface area contributed by atoms with Crippen molar-refractivity contribution in [3.8, 4) is 0 Å². The zero-order chi connectivity index (χ0) is 11.9. The minimum absolute atomic E-state index is 0.842. The SMILES string of the molecule is CCCNCC(CC(C)C)C[Si](C)(C)C. The molecular formula is C13H31NSi. The molecule has 1 N–H and O–H groups in total. The summed E-state index contributed by atoms with van der Waals surface area (Å²) in [6.07, 6.45) is 2.64. The van der Waals surface area contributed by atoms with Gasteiger partial charge in [-0.25, -0.2) is 0 Å². The first-order valence-corrected chi connectivity index (χ1v) is 10.3. The van der Waals surface area contributed by atoms with Gasteiger partial charge in [-0.3, -0.25) is 0 Å². The zero-order valence-electron chi connectivity index (χ0n) is 11.7. The summed E-state index contributed by atoms with van der Waals surface area (Å²) in [5.74, 6) is 1.75. The van der Waals surface area contributed by atoms with E-state index in [9.17, 15) is 0 Å². The van der Waals surface area contributed by atoms with Gasteiger partial charge in [0.25, 0.3) is 0 Å². The van der Waals surface area contributed by atoms with Crippen molar-refractivity contribution >= 4 is 8.07 Å². The average Bonchev–Trinajstić information content (AvgIpc) is 2.00. The third kappa shape index (κ3) is 10.5. The lowest BCUT2D eigenvalue weighted by atomic mass is 9.99. The molecule has 1 unspecified atom stereocenters. The minimum atomic E-state index is -0.887. The van der Waals surface area contributed by atoms with Crippen molar-refractivity contribution < 1.29 is 0 Å². The van der Waals surface area contributed by atoms with E-state index in [0.717, 1.165) is 11.8 Å². The Labute approximate surface area is 98.0 Å². The summed E-state index contributed by atoms with van der Waals surface area (Å²) in [6, 6.07) is 1.47. The molecule has 0 fully saturated rings. The Kier molecular flexibility index (Phi) is 7.54. The summed E-state index contributed by atoms with van der Waals surface area (Å²) < 4.78 is 0. The fourth-order valence-electron chi connectivity index (χ4n) is 2.25. The van der Waals surface area contributed by atoms with Gasteiger partial charge in [-0.05, 0) is 37.8 Å². The van der Waals surface area contributed by atoms with Crippen LogP contribution < -0.4 is 5.32 Å². The maximum Gasteiger partial charge on any atom is 0.0445 e. The smallest absolute Gasteiger partial charge is 0.0445 e. The highest BCUT2D eigenvalue weighted by molar-refractivity contribution is 6.76. The quantitative estimate of drug-likeness (QED) is 0.490. The van der Waals surface area contributed by atoms with Crippen LogP contribution in [-0.4, -0.2) is 21.2 Å². The third-order valence-corrected chi connectivity index (χ3v) is 4.37. The Morgan fingerprint density at radius 3 is 2.13 bits per heavy atom. The van der Waals surface area contributed by atoms with Gasteiger partial charge in [-0.2, -0.15) is 0 Å². The lowest BCUT2D eigenvalue weighted by Gasteiger charge is -2.26. The van der Waals surface area contributed by atoms with Crippen LogP contribution in [0.1, 0.15) is 33.6 Å². The molecular weight excluding hydrogens is 198 g/mol. The number of hydrogen-bond acceptors (Lipinski definition) is 1. The Bertz CT molecular complexity index is 149. The van der Waals surface area contributed by atoms with E-state index in [2.05, 4.69) is 45.7 Å². The van der Waals surface area contributed by atoms with Crippen LogP contribution in [0.4, 0.5) is 0 Å². The van der Waals surface area contributed by atoms with Crippen molar-refractivity contribution in [2.45, 2.75) is 59.3 Å². The van der Waals surface area contributed by atoms with Crippen LogP contribution in [0.15, 0.2) is 0 Å². The van der Waals surface area contributed by atoms with Gasteiger partial charge in [0.05, 0.1) is 0 Å². The lowest BCUT2D eigenvalue weighted by molar-refractivity contribution is 0.411. The van der Waals surface area contributed by atoms with Crippen LogP contribution >= 0.6 is 0 Å². The first-order chi connectivity index (χ1) is 6.85. The largest absolute Gasteiger partial charge is 0.316 e. The van der Waals surface area contributed by atoms with E-state index in [1.165, 1.54) is 32.0 Å². The molecule has 0 aromatic heterocycles. The van der Waals surface area contributed by atoms with Gasteiger partial charge in [-0.15, -0.1) is 0 Å². The molecule has 0 rings (SSSR count). The van der Waals surface area contributed by atoms with E-state index in [1.807, 2.05) is 0 Å². The minimum Gasteiger partial charge on any atom is -0.316 e. The van der Waals surface area contributed by atoms with E-state index >= 15 is 0 Å². The molecule has 2 heteroatoms.